The number of rotatable bonds is 3. The molecule has 0 saturated heterocycles. The molecule has 1 heterocycles. The summed E-state index contributed by atoms with van der Waals surface area (Å²) in [6.07, 6.45) is 1.84. The molecule has 2 atom stereocenters. The van der Waals surface area contributed by atoms with Gasteiger partial charge in [0.25, 0.3) is 0 Å². The van der Waals surface area contributed by atoms with Crippen LogP contribution in [0.25, 0.3) is 0 Å². The molecule has 0 saturated carbocycles. The molecule has 1 rings (SSSR count). The van der Waals surface area contributed by atoms with E-state index in [-0.39, 0.29) is 6.04 Å². The van der Waals surface area contributed by atoms with Gasteiger partial charge in [-0.1, -0.05) is 0 Å². The smallest absolute Gasteiger partial charge is 0.152 e. The first-order chi connectivity index (χ1) is 6.13. The van der Waals surface area contributed by atoms with E-state index in [1.165, 1.54) is 12.5 Å². The summed E-state index contributed by atoms with van der Waals surface area (Å²) in [5.41, 5.74) is 0.441. The number of hydrogen-bond acceptors (Lipinski definition) is 4. The highest BCUT2D eigenvalue weighted by atomic mass is 16.3. The Hall–Kier alpha value is -1.07. The maximum atomic E-state index is 11.7. The summed E-state index contributed by atoms with van der Waals surface area (Å²) >= 11 is 0. The molecule has 2 unspecified atom stereocenters. The van der Waals surface area contributed by atoms with Gasteiger partial charge in [-0.05, 0) is 21.0 Å². The summed E-state index contributed by atoms with van der Waals surface area (Å²) in [7, 11) is 3.73. The zero-order chi connectivity index (χ0) is 9.84. The summed E-state index contributed by atoms with van der Waals surface area (Å²) in [6, 6.07) is -0.100. The molecule has 0 fully saturated rings. The van der Waals surface area contributed by atoms with Crippen LogP contribution in [0.5, 0.6) is 0 Å². The second-order valence-electron chi connectivity index (χ2n) is 3.15. The van der Waals surface area contributed by atoms with Crippen molar-refractivity contribution >= 4 is 0 Å². The molecule has 0 aromatic carbocycles. The molecule has 1 radical (unpaired) electrons. The van der Waals surface area contributed by atoms with Gasteiger partial charge in [0.05, 0.1) is 11.9 Å². The number of hydrogen-bond donors (Lipinski definition) is 0. The monoisotopic (exact) mass is 181 g/mol. The highest BCUT2D eigenvalue weighted by Crippen LogP contribution is 2.16. The first-order valence-corrected chi connectivity index (χ1v) is 4.07. The van der Waals surface area contributed by atoms with Gasteiger partial charge in [-0.3, -0.25) is 0 Å². The van der Waals surface area contributed by atoms with Gasteiger partial charge in [0, 0.05) is 6.04 Å². The van der Waals surface area contributed by atoms with E-state index in [0.29, 0.717) is 5.69 Å². The van der Waals surface area contributed by atoms with E-state index in [0.717, 1.165) is 0 Å². The summed E-state index contributed by atoms with van der Waals surface area (Å²) in [5.74, 6) is 0. The molecule has 0 spiro atoms. The Bertz CT molecular complexity index is 252. The van der Waals surface area contributed by atoms with Crippen LogP contribution in [0.1, 0.15) is 18.7 Å². The van der Waals surface area contributed by atoms with Crippen LogP contribution < -0.4 is 0 Å². The lowest BCUT2D eigenvalue weighted by atomic mass is 10.1. The van der Waals surface area contributed by atoms with Gasteiger partial charge in [0.15, 0.2) is 6.10 Å². The second-order valence-corrected chi connectivity index (χ2v) is 3.15. The maximum Gasteiger partial charge on any atom is 0.152 e. The lowest BCUT2D eigenvalue weighted by Crippen LogP contribution is -2.30. The van der Waals surface area contributed by atoms with E-state index < -0.39 is 6.10 Å². The SMILES string of the molecule is CC(C([O])c1cnncn1)N(C)C. The molecule has 0 bridgehead atoms. The molecule has 0 aliphatic heterocycles. The van der Waals surface area contributed by atoms with Crippen LogP contribution in [0.2, 0.25) is 0 Å². The largest absolute Gasteiger partial charge is 0.304 e. The molecule has 0 aliphatic rings. The Labute approximate surface area is 77.4 Å². The average molecular weight is 181 g/mol. The van der Waals surface area contributed by atoms with Gasteiger partial charge in [-0.15, -0.1) is 5.10 Å². The first-order valence-electron chi connectivity index (χ1n) is 4.07. The second kappa shape index (κ2) is 4.25. The summed E-state index contributed by atoms with van der Waals surface area (Å²) in [6.45, 7) is 1.86. The third-order valence-electron chi connectivity index (χ3n) is 2.06. The topological polar surface area (TPSA) is 61.8 Å². The van der Waals surface area contributed by atoms with Crippen molar-refractivity contribution in [3.8, 4) is 0 Å². The quantitative estimate of drug-likeness (QED) is 0.672. The van der Waals surface area contributed by atoms with Crippen molar-refractivity contribution in [2.24, 2.45) is 0 Å². The molecule has 0 amide bonds. The van der Waals surface area contributed by atoms with E-state index in [9.17, 15) is 5.11 Å². The number of aromatic nitrogens is 3. The minimum atomic E-state index is -0.870. The zero-order valence-corrected chi connectivity index (χ0v) is 8.01. The predicted octanol–water partition coefficient (Wildman–Crippen LogP) is 0.293. The summed E-state index contributed by atoms with van der Waals surface area (Å²) in [4.78, 5) is 5.73. The van der Waals surface area contributed by atoms with E-state index in [1.54, 1.807) is 0 Å². The lowest BCUT2D eigenvalue weighted by molar-refractivity contribution is 0.0204. The molecule has 5 heteroatoms. The van der Waals surface area contributed by atoms with Crippen LogP contribution in [-0.4, -0.2) is 40.2 Å². The molecular formula is C8H13N4O. The van der Waals surface area contributed by atoms with Crippen LogP contribution in [0.15, 0.2) is 12.5 Å². The Morgan fingerprint density at radius 3 is 2.54 bits per heavy atom. The van der Waals surface area contributed by atoms with Crippen LogP contribution in [0.3, 0.4) is 0 Å². The van der Waals surface area contributed by atoms with Crippen LogP contribution >= 0.6 is 0 Å². The van der Waals surface area contributed by atoms with Crippen LogP contribution in [-0.2, 0) is 5.11 Å². The Morgan fingerprint density at radius 2 is 2.08 bits per heavy atom. The Morgan fingerprint density at radius 1 is 1.38 bits per heavy atom. The van der Waals surface area contributed by atoms with E-state index in [2.05, 4.69) is 15.2 Å². The molecule has 0 N–H and O–H groups in total. The highest BCUT2D eigenvalue weighted by molar-refractivity contribution is 4.99. The number of likely N-dealkylation sites (N-methyl/N-ethyl adjacent to an activating group) is 1. The average Bonchev–Trinajstić information content (AvgIpc) is 2.17. The Kier molecular flexibility index (Phi) is 3.27. The first kappa shape index (κ1) is 10.0. The predicted molar refractivity (Wildman–Crippen MR) is 46.4 cm³/mol. The van der Waals surface area contributed by atoms with Gasteiger partial charge in [0.1, 0.15) is 6.33 Å². The van der Waals surface area contributed by atoms with Crippen molar-refractivity contribution in [3.63, 3.8) is 0 Å². The minimum absolute atomic E-state index is 0.100. The molecule has 5 nitrogen and oxygen atoms in total. The van der Waals surface area contributed by atoms with Crippen molar-refractivity contribution in [3.05, 3.63) is 18.2 Å². The molecule has 0 aliphatic carbocycles. The highest BCUT2D eigenvalue weighted by Gasteiger charge is 2.21. The van der Waals surface area contributed by atoms with Gasteiger partial charge in [0.2, 0.25) is 0 Å². The van der Waals surface area contributed by atoms with Gasteiger partial charge >= 0.3 is 0 Å². The van der Waals surface area contributed by atoms with Crippen molar-refractivity contribution in [1.29, 1.82) is 0 Å². The van der Waals surface area contributed by atoms with Crippen molar-refractivity contribution in [2.75, 3.05) is 14.1 Å². The summed E-state index contributed by atoms with van der Waals surface area (Å²) < 4.78 is 0. The minimum Gasteiger partial charge on any atom is -0.304 e. The fraction of sp³-hybridized carbons (Fsp3) is 0.625. The van der Waals surface area contributed by atoms with Crippen molar-refractivity contribution in [2.45, 2.75) is 19.1 Å². The van der Waals surface area contributed by atoms with Gasteiger partial charge < -0.3 is 4.90 Å². The van der Waals surface area contributed by atoms with Crippen LogP contribution in [0, 0.1) is 0 Å². The van der Waals surface area contributed by atoms with Crippen molar-refractivity contribution in [1.82, 2.24) is 20.1 Å². The van der Waals surface area contributed by atoms with Gasteiger partial charge in [-0.2, -0.15) is 5.10 Å². The summed E-state index contributed by atoms with van der Waals surface area (Å²) in [5, 5.41) is 18.8. The zero-order valence-electron chi connectivity index (χ0n) is 8.01. The number of nitrogens with zero attached hydrogens (tertiary/aromatic N) is 4. The van der Waals surface area contributed by atoms with E-state index >= 15 is 0 Å². The van der Waals surface area contributed by atoms with Crippen molar-refractivity contribution < 1.29 is 5.11 Å². The van der Waals surface area contributed by atoms with Gasteiger partial charge in [-0.25, -0.2) is 10.1 Å². The van der Waals surface area contributed by atoms with E-state index in [4.69, 9.17) is 0 Å². The van der Waals surface area contributed by atoms with Crippen LogP contribution in [0.4, 0.5) is 0 Å². The fourth-order valence-electron chi connectivity index (χ4n) is 0.913. The van der Waals surface area contributed by atoms with E-state index in [1.807, 2.05) is 25.9 Å². The maximum absolute atomic E-state index is 11.7. The third-order valence-corrected chi connectivity index (χ3v) is 2.06. The molecular weight excluding hydrogens is 168 g/mol. The Balaban J connectivity index is 2.73. The molecule has 1 aromatic rings. The standard InChI is InChI=1S/C8H13N4O/c1-6(12(2)3)8(13)7-4-10-11-5-9-7/h4-6,8H,1-3H3. The normalized spacial score (nSPS) is 15.8. The fourth-order valence-corrected chi connectivity index (χ4v) is 0.913. The molecule has 71 valence electrons. The molecule has 13 heavy (non-hydrogen) atoms. The molecule has 1 aromatic heterocycles. The lowest BCUT2D eigenvalue weighted by Gasteiger charge is -2.22. The third kappa shape index (κ3) is 2.43.